The molecule has 0 aliphatic heterocycles. The second-order valence-corrected chi connectivity index (χ2v) is 5.14. The average molecular weight is 318 g/mol. The maximum atomic E-state index is 12.3. The smallest absolute Gasteiger partial charge is 0.391 e. The number of hydrogen-bond acceptors (Lipinski definition) is 3. The number of benzene rings is 1. The van der Waals surface area contributed by atoms with E-state index in [4.69, 9.17) is 9.47 Å². The number of esters is 1. The van der Waals surface area contributed by atoms with E-state index < -0.39 is 18.1 Å². The first-order valence-corrected chi connectivity index (χ1v) is 7.23. The molecule has 0 saturated heterocycles. The van der Waals surface area contributed by atoms with E-state index in [2.05, 4.69) is 0 Å². The van der Waals surface area contributed by atoms with Crippen LogP contribution in [0.5, 0.6) is 0 Å². The third-order valence-electron chi connectivity index (χ3n) is 3.20. The maximum Gasteiger partial charge on any atom is 0.391 e. The number of alkyl halides is 3. The molecule has 1 aromatic rings. The molecule has 0 N–H and O–H groups in total. The lowest BCUT2D eigenvalue weighted by atomic mass is 10.0. The van der Waals surface area contributed by atoms with Gasteiger partial charge in [0.2, 0.25) is 0 Å². The Labute approximate surface area is 128 Å². The molecule has 6 heteroatoms. The Morgan fingerprint density at radius 2 is 1.86 bits per heavy atom. The molecule has 0 saturated carbocycles. The van der Waals surface area contributed by atoms with Crippen molar-refractivity contribution in [2.75, 3.05) is 13.2 Å². The topological polar surface area (TPSA) is 35.5 Å². The maximum absolute atomic E-state index is 12.3. The Kier molecular flexibility index (Phi) is 7.95. The lowest BCUT2D eigenvalue weighted by molar-refractivity contribution is -0.171. The molecular formula is C16H21F3O3. The molecule has 1 atom stereocenters. The van der Waals surface area contributed by atoms with E-state index in [0.29, 0.717) is 12.8 Å². The van der Waals surface area contributed by atoms with Crippen molar-refractivity contribution in [3.05, 3.63) is 35.9 Å². The third-order valence-corrected chi connectivity index (χ3v) is 3.20. The molecule has 3 nitrogen and oxygen atoms in total. The summed E-state index contributed by atoms with van der Waals surface area (Å²) < 4.78 is 46.9. The highest BCUT2D eigenvalue weighted by Gasteiger charge is 2.34. The summed E-state index contributed by atoms with van der Waals surface area (Å²) in [7, 11) is 0. The van der Waals surface area contributed by atoms with Gasteiger partial charge < -0.3 is 9.47 Å². The predicted molar refractivity (Wildman–Crippen MR) is 76.1 cm³/mol. The number of rotatable bonds is 9. The normalized spacial score (nSPS) is 12.9. The zero-order valence-corrected chi connectivity index (χ0v) is 12.6. The van der Waals surface area contributed by atoms with Crippen molar-refractivity contribution in [2.24, 2.45) is 5.92 Å². The van der Waals surface area contributed by atoms with Gasteiger partial charge in [-0.3, -0.25) is 0 Å². The van der Waals surface area contributed by atoms with E-state index >= 15 is 0 Å². The van der Waals surface area contributed by atoms with Crippen molar-refractivity contribution in [3.8, 4) is 0 Å². The number of hydrogen-bond donors (Lipinski definition) is 0. The van der Waals surface area contributed by atoms with Crippen molar-refractivity contribution >= 4 is 5.97 Å². The van der Waals surface area contributed by atoms with E-state index in [1.165, 1.54) is 6.92 Å². The highest BCUT2D eigenvalue weighted by molar-refractivity contribution is 5.70. The Bertz CT molecular complexity index is 432. The molecule has 0 heterocycles. The van der Waals surface area contributed by atoms with Gasteiger partial charge in [-0.25, -0.2) is 4.79 Å². The van der Waals surface area contributed by atoms with Gasteiger partial charge in [0.05, 0.1) is 5.92 Å². The molecule has 0 aromatic heterocycles. The van der Waals surface area contributed by atoms with Crippen LogP contribution in [0.2, 0.25) is 0 Å². The van der Waals surface area contributed by atoms with Crippen molar-refractivity contribution in [1.82, 2.24) is 0 Å². The quantitative estimate of drug-likeness (QED) is 0.507. The highest BCUT2D eigenvalue weighted by Crippen LogP contribution is 2.29. The summed E-state index contributed by atoms with van der Waals surface area (Å²) in [5.41, 5.74) is 0.886. The van der Waals surface area contributed by atoms with E-state index in [1.54, 1.807) is 0 Å². The van der Waals surface area contributed by atoms with Crippen LogP contribution < -0.4 is 0 Å². The summed E-state index contributed by atoms with van der Waals surface area (Å²) in [6.07, 6.45) is -3.15. The molecule has 0 radical (unpaired) electrons. The number of halogens is 3. The minimum Gasteiger partial charge on any atom is -0.459 e. The van der Waals surface area contributed by atoms with Crippen LogP contribution >= 0.6 is 0 Å². The molecule has 1 unspecified atom stereocenters. The highest BCUT2D eigenvalue weighted by atomic mass is 19.4. The fourth-order valence-electron chi connectivity index (χ4n) is 1.75. The van der Waals surface area contributed by atoms with E-state index in [9.17, 15) is 18.0 Å². The van der Waals surface area contributed by atoms with Crippen molar-refractivity contribution in [1.29, 1.82) is 0 Å². The minimum atomic E-state index is -4.14. The lowest BCUT2D eigenvalue weighted by Crippen LogP contribution is -2.19. The van der Waals surface area contributed by atoms with Crippen molar-refractivity contribution in [3.63, 3.8) is 0 Å². The van der Waals surface area contributed by atoms with Crippen LogP contribution in [-0.4, -0.2) is 25.4 Å². The van der Waals surface area contributed by atoms with Gasteiger partial charge in [0.15, 0.2) is 0 Å². The monoisotopic (exact) mass is 318 g/mol. The molecule has 0 aliphatic rings. The van der Waals surface area contributed by atoms with Gasteiger partial charge in [0, 0.05) is 6.61 Å². The van der Waals surface area contributed by atoms with Gasteiger partial charge in [-0.15, -0.1) is 0 Å². The van der Waals surface area contributed by atoms with E-state index in [0.717, 1.165) is 5.56 Å². The molecule has 0 fully saturated rings. The summed E-state index contributed by atoms with van der Waals surface area (Å²) in [6.45, 7) is 1.43. The zero-order chi connectivity index (χ0) is 16.4. The SMILES string of the molecule is CC(CCCCOCC(=O)OCc1ccccc1)C(F)(F)F. The van der Waals surface area contributed by atoms with E-state index in [1.807, 2.05) is 30.3 Å². The van der Waals surface area contributed by atoms with Crippen molar-refractivity contribution < 1.29 is 27.4 Å². The van der Waals surface area contributed by atoms with Crippen LogP contribution in [0.1, 0.15) is 31.7 Å². The molecule has 1 aromatic carbocycles. The summed E-state index contributed by atoms with van der Waals surface area (Å²) in [5.74, 6) is -1.78. The molecule has 0 aliphatic carbocycles. The fourth-order valence-corrected chi connectivity index (χ4v) is 1.75. The first-order chi connectivity index (χ1) is 10.4. The van der Waals surface area contributed by atoms with Crippen LogP contribution in [0.15, 0.2) is 30.3 Å². The minimum absolute atomic E-state index is 0.0747. The van der Waals surface area contributed by atoms with Gasteiger partial charge in [-0.2, -0.15) is 13.2 Å². The van der Waals surface area contributed by atoms with Gasteiger partial charge >= 0.3 is 12.1 Å². The summed E-state index contributed by atoms with van der Waals surface area (Å²) in [4.78, 5) is 11.4. The molecule has 0 spiro atoms. The Balaban J connectivity index is 2.01. The summed E-state index contributed by atoms with van der Waals surface area (Å²) in [5, 5.41) is 0. The third kappa shape index (κ3) is 8.02. The Hall–Kier alpha value is -1.56. The first kappa shape index (κ1) is 18.5. The molecule has 0 amide bonds. The second-order valence-electron chi connectivity index (χ2n) is 5.14. The van der Waals surface area contributed by atoms with Crippen LogP contribution in [0, 0.1) is 5.92 Å². The summed E-state index contributed by atoms with van der Waals surface area (Å²) >= 11 is 0. The van der Waals surface area contributed by atoms with Crippen LogP contribution in [0.4, 0.5) is 13.2 Å². The van der Waals surface area contributed by atoms with Crippen LogP contribution in [0.3, 0.4) is 0 Å². The second kappa shape index (κ2) is 9.46. The molecule has 0 bridgehead atoms. The average Bonchev–Trinajstić information content (AvgIpc) is 2.48. The van der Waals surface area contributed by atoms with E-state index in [-0.39, 0.29) is 26.2 Å². The first-order valence-electron chi connectivity index (χ1n) is 7.23. The van der Waals surface area contributed by atoms with Crippen LogP contribution in [-0.2, 0) is 20.9 Å². The molecule has 124 valence electrons. The zero-order valence-electron chi connectivity index (χ0n) is 12.6. The molecule has 22 heavy (non-hydrogen) atoms. The number of carbonyl (C=O) groups excluding carboxylic acids is 1. The standard InChI is InChI=1S/C16H21F3O3/c1-13(16(17,18)19)7-5-6-10-21-12-15(20)22-11-14-8-3-2-4-9-14/h2-4,8-9,13H,5-7,10-12H2,1H3. The predicted octanol–water partition coefficient (Wildman–Crippen LogP) is 4.12. The lowest BCUT2D eigenvalue weighted by Gasteiger charge is -2.14. The molecular weight excluding hydrogens is 297 g/mol. The van der Waals surface area contributed by atoms with Gasteiger partial charge in [-0.1, -0.05) is 43.7 Å². The number of unbranched alkanes of at least 4 members (excludes halogenated alkanes) is 1. The van der Waals surface area contributed by atoms with Crippen molar-refractivity contribution in [2.45, 2.75) is 39.0 Å². The van der Waals surface area contributed by atoms with Gasteiger partial charge in [0.25, 0.3) is 0 Å². The number of carbonyl (C=O) groups is 1. The fraction of sp³-hybridized carbons (Fsp3) is 0.562. The Morgan fingerprint density at radius 1 is 1.18 bits per heavy atom. The summed E-state index contributed by atoms with van der Waals surface area (Å²) in [6, 6.07) is 9.25. The van der Waals surface area contributed by atoms with Gasteiger partial charge in [0.1, 0.15) is 13.2 Å². The van der Waals surface area contributed by atoms with Crippen LogP contribution in [0.25, 0.3) is 0 Å². The van der Waals surface area contributed by atoms with Gasteiger partial charge in [-0.05, 0) is 18.4 Å². The molecule has 1 rings (SSSR count). The number of ether oxygens (including phenoxy) is 2. The largest absolute Gasteiger partial charge is 0.459 e. The Morgan fingerprint density at radius 3 is 2.50 bits per heavy atom.